The molecule has 11 heteroatoms. The van der Waals surface area contributed by atoms with Crippen LogP contribution in [-0.4, -0.2) is 29.2 Å². The summed E-state index contributed by atoms with van der Waals surface area (Å²) in [6.45, 7) is 0. The Morgan fingerprint density at radius 2 is 1.67 bits per heavy atom. The number of fused-ring (bicyclic) bond motifs is 1. The number of anilines is 1. The third-order valence-electron chi connectivity index (χ3n) is 4.62. The summed E-state index contributed by atoms with van der Waals surface area (Å²) in [5, 5.41) is 2.29. The molecule has 0 aliphatic heterocycles. The van der Waals surface area contributed by atoms with Gasteiger partial charge in [0.15, 0.2) is 9.84 Å². The number of nitrogens with zero attached hydrogens (tertiary/aromatic N) is 2. The molecule has 158 valence electrons. The lowest BCUT2D eigenvalue weighted by Crippen LogP contribution is -2.39. The summed E-state index contributed by atoms with van der Waals surface area (Å²) in [4.78, 5) is 35.9. The molecule has 1 N–H and O–H groups in total. The molecule has 1 heterocycles. The molecule has 1 amide bonds. The highest BCUT2D eigenvalue weighted by Crippen LogP contribution is 2.21. The molecule has 3 rings (SSSR count). The van der Waals surface area contributed by atoms with Gasteiger partial charge in [0.1, 0.15) is 5.82 Å². The summed E-state index contributed by atoms with van der Waals surface area (Å²) in [6.07, 6.45) is -0.346. The Kier molecular flexibility index (Phi) is 5.82. The molecule has 0 spiro atoms. The molecule has 0 aliphatic rings. The van der Waals surface area contributed by atoms with Crippen molar-refractivity contribution in [2.45, 2.75) is 11.3 Å². The van der Waals surface area contributed by atoms with E-state index in [1.165, 1.54) is 44.4 Å². The van der Waals surface area contributed by atoms with Crippen LogP contribution in [0.25, 0.3) is 11.0 Å². The van der Waals surface area contributed by atoms with E-state index < -0.39 is 38.4 Å². The molecule has 1 aromatic heterocycles. The van der Waals surface area contributed by atoms with Crippen molar-refractivity contribution in [3.05, 3.63) is 67.9 Å². The summed E-state index contributed by atoms with van der Waals surface area (Å²) in [7, 11) is -1.05. The number of carbonyl (C=O) groups excluding carboxylic acids is 1. The Hall–Kier alpha value is -2.98. The molecule has 30 heavy (non-hydrogen) atoms. The van der Waals surface area contributed by atoms with Crippen molar-refractivity contribution < 1.29 is 17.6 Å². The number of aromatic nitrogens is 2. The summed E-state index contributed by atoms with van der Waals surface area (Å²) >= 11 is 5.65. The number of sulfone groups is 1. The van der Waals surface area contributed by atoms with Crippen LogP contribution in [0.15, 0.2) is 50.9 Å². The van der Waals surface area contributed by atoms with Crippen LogP contribution in [-0.2, 0) is 28.7 Å². The van der Waals surface area contributed by atoms with E-state index in [9.17, 15) is 27.2 Å². The van der Waals surface area contributed by atoms with Gasteiger partial charge in [0, 0.05) is 26.2 Å². The van der Waals surface area contributed by atoms with Crippen molar-refractivity contribution in [1.29, 1.82) is 0 Å². The largest absolute Gasteiger partial charge is 0.326 e. The minimum atomic E-state index is -3.86. The van der Waals surface area contributed by atoms with Crippen LogP contribution in [0.1, 0.15) is 6.42 Å². The second-order valence-corrected chi connectivity index (χ2v) is 9.14. The Labute approximate surface area is 175 Å². The summed E-state index contributed by atoms with van der Waals surface area (Å²) < 4.78 is 40.8. The summed E-state index contributed by atoms with van der Waals surface area (Å²) in [5.74, 6) is -1.71. The quantitative estimate of drug-likeness (QED) is 0.593. The average molecular weight is 454 g/mol. The zero-order chi connectivity index (χ0) is 22.2. The molecule has 0 radical (unpaired) electrons. The highest BCUT2D eigenvalue weighted by atomic mass is 35.5. The number of rotatable bonds is 5. The fourth-order valence-corrected chi connectivity index (χ4v) is 4.33. The van der Waals surface area contributed by atoms with Crippen LogP contribution in [0.5, 0.6) is 0 Å². The molecular formula is C19H17ClFN3O5S. The maximum Gasteiger partial charge on any atom is 0.316 e. The van der Waals surface area contributed by atoms with Gasteiger partial charge < -0.3 is 14.5 Å². The van der Waals surface area contributed by atoms with Crippen molar-refractivity contribution in [2.24, 2.45) is 14.1 Å². The van der Waals surface area contributed by atoms with Crippen molar-refractivity contribution in [3.63, 3.8) is 0 Å². The minimum Gasteiger partial charge on any atom is -0.326 e. The van der Waals surface area contributed by atoms with Gasteiger partial charge in [0.25, 0.3) is 0 Å². The van der Waals surface area contributed by atoms with Crippen LogP contribution >= 0.6 is 11.6 Å². The van der Waals surface area contributed by atoms with Gasteiger partial charge in [-0.2, -0.15) is 0 Å². The first-order chi connectivity index (χ1) is 14.0. The molecule has 2 aromatic carbocycles. The number of hydrogen-bond acceptors (Lipinski definition) is 5. The zero-order valence-corrected chi connectivity index (χ0v) is 17.6. The van der Waals surface area contributed by atoms with Gasteiger partial charge in [-0.1, -0.05) is 11.6 Å². The number of amides is 1. The smallest absolute Gasteiger partial charge is 0.316 e. The van der Waals surface area contributed by atoms with E-state index in [0.29, 0.717) is 5.52 Å². The highest BCUT2D eigenvalue weighted by molar-refractivity contribution is 7.91. The van der Waals surface area contributed by atoms with Crippen molar-refractivity contribution in [2.75, 3.05) is 11.1 Å². The number of nitrogens with one attached hydrogen (secondary N) is 1. The Balaban J connectivity index is 1.82. The van der Waals surface area contributed by atoms with E-state index >= 15 is 0 Å². The zero-order valence-electron chi connectivity index (χ0n) is 16.0. The molecule has 0 fully saturated rings. The van der Waals surface area contributed by atoms with Crippen molar-refractivity contribution >= 4 is 44.1 Å². The standard InChI is InChI=1S/C19H17ClFN3O5S/c1-23-15-6-4-12(10-16(15)24(2)19(27)18(23)26)30(28,29)8-7-17(25)22-11-3-5-14(21)13(20)9-11/h3-6,9-10H,7-8H2,1-2H3,(H,22,25). The Morgan fingerprint density at radius 3 is 2.30 bits per heavy atom. The first-order valence-corrected chi connectivity index (χ1v) is 10.7. The van der Waals surface area contributed by atoms with E-state index in [2.05, 4.69) is 5.32 Å². The van der Waals surface area contributed by atoms with E-state index in [1.807, 2.05) is 0 Å². The van der Waals surface area contributed by atoms with Crippen molar-refractivity contribution in [3.8, 4) is 0 Å². The van der Waals surface area contributed by atoms with Gasteiger partial charge in [-0.3, -0.25) is 14.4 Å². The fraction of sp³-hybridized carbons (Fsp3) is 0.211. The van der Waals surface area contributed by atoms with Gasteiger partial charge in [-0.15, -0.1) is 0 Å². The number of carbonyl (C=O) groups is 1. The van der Waals surface area contributed by atoms with Gasteiger partial charge >= 0.3 is 11.1 Å². The lowest BCUT2D eigenvalue weighted by Gasteiger charge is -2.11. The molecular weight excluding hydrogens is 437 g/mol. The highest BCUT2D eigenvalue weighted by Gasteiger charge is 2.19. The monoisotopic (exact) mass is 453 g/mol. The molecule has 0 saturated heterocycles. The molecule has 0 saturated carbocycles. The lowest BCUT2D eigenvalue weighted by atomic mass is 10.3. The van der Waals surface area contributed by atoms with Gasteiger partial charge in [-0.25, -0.2) is 12.8 Å². The Bertz CT molecular complexity index is 1400. The second kappa shape index (κ2) is 8.04. The predicted molar refractivity (Wildman–Crippen MR) is 111 cm³/mol. The summed E-state index contributed by atoms with van der Waals surface area (Å²) in [6, 6.07) is 7.66. The number of aryl methyl sites for hydroxylation is 2. The molecule has 0 bridgehead atoms. The minimum absolute atomic E-state index is 0.0822. The number of halogens is 2. The first kappa shape index (κ1) is 21.7. The summed E-state index contributed by atoms with van der Waals surface area (Å²) in [5.41, 5.74) is -0.596. The van der Waals surface area contributed by atoms with Crippen LogP contribution in [0.4, 0.5) is 10.1 Å². The van der Waals surface area contributed by atoms with Crippen molar-refractivity contribution in [1.82, 2.24) is 9.13 Å². The van der Waals surface area contributed by atoms with E-state index in [0.717, 1.165) is 15.2 Å². The first-order valence-electron chi connectivity index (χ1n) is 8.68. The molecule has 3 aromatic rings. The third-order valence-corrected chi connectivity index (χ3v) is 6.63. The predicted octanol–water partition coefficient (Wildman–Crippen LogP) is 1.83. The van der Waals surface area contributed by atoms with Gasteiger partial charge in [0.2, 0.25) is 5.91 Å². The SMILES string of the molecule is Cn1c(=O)c(=O)n(C)c2cc(S(=O)(=O)CCC(=O)Nc3ccc(F)c(Cl)c3)ccc21. The maximum absolute atomic E-state index is 13.2. The van der Waals surface area contributed by atoms with Gasteiger partial charge in [-0.05, 0) is 36.4 Å². The van der Waals surface area contributed by atoms with Crippen LogP contribution in [0.2, 0.25) is 5.02 Å². The molecule has 0 atom stereocenters. The van der Waals surface area contributed by atoms with E-state index in [4.69, 9.17) is 11.6 Å². The van der Waals surface area contributed by atoms with Crippen LogP contribution in [0, 0.1) is 5.82 Å². The Morgan fingerprint density at radius 1 is 1.03 bits per heavy atom. The topological polar surface area (TPSA) is 107 Å². The van der Waals surface area contributed by atoms with Crippen LogP contribution in [0.3, 0.4) is 0 Å². The second-order valence-electron chi connectivity index (χ2n) is 6.62. The molecule has 8 nitrogen and oxygen atoms in total. The van der Waals surface area contributed by atoms with Gasteiger partial charge in [0.05, 0.1) is 26.7 Å². The number of hydrogen-bond donors (Lipinski definition) is 1. The van der Waals surface area contributed by atoms with Crippen LogP contribution < -0.4 is 16.4 Å². The fourth-order valence-electron chi connectivity index (χ4n) is 2.90. The van der Waals surface area contributed by atoms with E-state index in [-0.39, 0.29) is 27.5 Å². The lowest BCUT2D eigenvalue weighted by molar-refractivity contribution is -0.115. The normalized spacial score (nSPS) is 11.6. The third kappa shape index (κ3) is 4.14. The number of benzene rings is 2. The maximum atomic E-state index is 13.2. The van der Waals surface area contributed by atoms with E-state index in [1.54, 1.807) is 0 Å². The average Bonchev–Trinajstić information content (AvgIpc) is 2.71. The molecule has 0 unspecified atom stereocenters. The molecule has 0 aliphatic carbocycles.